The van der Waals surface area contributed by atoms with Crippen molar-refractivity contribution < 1.29 is 9.18 Å². The SMILES string of the molecule is Cc1c(C(=O)N2CCCC(N)C2)nnn1-c1ccc(F)c(Cl)c1. The number of nitrogens with two attached hydrogens (primary N) is 1. The molecule has 3 rings (SSSR count). The number of nitrogens with zero attached hydrogens (tertiary/aromatic N) is 4. The molecular formula is C15H17ClFN5O. The van der Waals surface area contributed by atoms with Crippen molar-refractivity contribution in [3.05, 3.63) is 40.4 Å². The van der Waals surface area contributed by atoms with Crippen LogP contribution in [0.2, 0.25) is 5.02 Å². The van der Waals surface area contributed by atoms with Crippen LogP contribution in [0.25, 0.3) is 5.69 Å². The predicted molar refractivity (Wildman–Crippen MR) is 84.2 cm³/mol. The van der Waals surface area contributed by atoms with Crippen molar-refractivity contribution in [1.82, 2.24) is 19.9 Å². The van der Waals surface area contributed by atoms with E-state index in [2.05, 4.69) is 10.3 Å². The first-order chi connectivity index (χ1) is 11.0. The molecule has 2 heterocycles. The summed E-state index contributed by atoms with van der Waals surface area (Å²) in [4.78, 5) is 14.3. The molecule has 23 heavy (non-hydrogen) atoms. The lowest BCUT2D eigenvalue weighted by molar-refractivity contribution is 0.0702. The van der Waals surface area contributed by atoms with Gasteiger partial charge in [-0.1, -0.05) is 16.8 Å². The van der Waals surface area contributed by atoms with E-state index < -0.39 is 5.82 Å². The zero-order valence-electron chi connectivity index (χ0n) is 12.7. The first-order valence-corrected chi connectivity index (χ1v) is 7.77. The van der Waals surface area contributed by atoms with Gasteiger partial charge in [0.25, 0.3) is 5.91 Å². The number of carbonyl (C=O) groups excluding carboxylic acids is 1. The average Bonchev–Trinajstić information content (AvgIpc) is 2.91. The number of benzene rings is 1. The summed E-state index contributed by atoms with van der Waals surface area (Å²) in [6.45, 7) is 2.93. The number of rotatable bonds is 2. The Balaban J connectivity index is 1.89. The van der Waals surface area contributed by atoms with E-state index in [0.29, 0.717) is 24.5 Å². The van der Waals surface area contributed by atoms with Gasteiger partial charge in [-0.2, -0.15) is 0 Å². The summed E-state index contributed by atoms with van der Waals surface area (Å²) in [7, 11) is 0. The van der Waals surface area contributed by atoms with Crippen LogP contribution in [0, 0.1) is 12.7 Å². The quantitative estimate of drug-likeness (QED) is 0.908. The summed E-state index contributed by atoms with van der Waals surface area (Å²) in [6, 6.07) is 4.24. The van der Waals surface area contributed by atoms with Crippen LogP contribution in [-0.4, -0.2) is 44.9 Å². The fourth-order valence-electron chi connectivity index (χ4n) is 2.73. The van der Waals surface area contributed by atoms with E-state index in [9.17, 15) is 9.18 Å². The van der Waals surface area contributed by atoms with Crippen LogP contribution in [0.15, 0.2) is 18.2 Å². The summed E-state index contributed by atoms with van der Waals surface area (Å²) in [6.07, 6.45) is 1.80. The van der Waals surface area contributed by atoms with Crippen molar-refractivity contribution >= 4 is 17.5 Å². The lowest BCUT2D eigenvalue weighted by Crippen LogP contribution is -2.46. The van der Waals surface area contributed by atoms with E-state index in [1.165, 1.54) is 22.9 Å². The summed E-state index contributed by atoms with van der Waals surface area (Å²) in [5.41, 5.74) is 7.33. The van der Waals surface area contributed by atoms with Crippen LogP contribution in [0.1, 0.15) is 29.0 Å². The second kappa shape index (κ2) is 6.25. The number of piperidine rings is 1. The van der Waals surface area contributed by atoms with Gasteiger partial charge in [-0.25, -0.2) is 9.07 Å². The number of hydrogen-bond acceptors (Lipinski definition) is 4. The third kappa shape index (κ3) is 3.07. The average molecular weight is 338 g/mol. The van der Waals surface area contributed by atoms with Gasteiger partial charge in [0.05, 0.1) is 16.4 Å². The number of carbonyl (C=O) groups is 1. The molecule has 6 nitrogen and oxygen atoms in total. The minimum Gasteiger partial charge on any atom is -0.336 e. The molecule has 2 aromatic rings. The smallest absolute Gasteiger partial charge is 0.276 e. The molecule has 0 bridgehead atoms. The number of hydrogen-bond donors (Lipinski definition) is 1. The van der Waals surface area contributed by atoms with Crippen molar-refractivity contribution in [3.8, 4) is 5.69 Å². The van der Waals surface area contributed by atoms with Crippen molar-refractivity contribution in [2.24, 2.45) is 5.73 Å². The molecule has 1 atom stereocenters. The highest BCUT2D eigenvalue weighted by Crippen LogP contribution is 2.21. The zero-order chi connectivity index (χ0) is 16.6. The topological polar surface area (TPSA) is 77.0 Å². The fourth-order valence-corrected chi connectivity index (χ4v) is 2.91. The van der Waals surface area contributed by atoms with Crippen LogP contribution in [0.4, 0.5) is 4.39 Å². The van der Waals surface area contributed by atoms with Gasteiger partial charge in [-0.15, -0.1) is 5.10 Å². The van der Waals surface area contributed by atoms with Gasteiger partial charge in [0.2, 0.25) is 0 Å². The van der Waals surface area contributed by atoms with Crippen molar-refractivity contribution in [1.29, 1.82) is 0 Å². The molecule has 1 amide bonds. The molecule has 0 spiro atoms. The van der Waals surface area contributed by atoms with Crippen LogP contribution in [-0.2, 0) is 0 Å². The molecule has 122 valence electrons. The molecule has 0 saturated carbocycles. The first-order valence-electron chi connectivity index (χ1n) is 7.40. The van der Waals surface area contributed by atoms with Crippen molar-refractivity contribution in [2.75, 3.05) is 13.1 Å². The monoisotopic (exact) mass is 337 g/mol. The van der Waals surface area contributed by atoms with E-state index >= 15 is 0 Å². The third-order valence-electron chi connectivity index (χ3n) is 3.99. The Kier molecular flexibility index (Phi) is 4.32. The van der Waals surface area contributed by atoms with Crippen LogP contribution >= 0.6 is 11.6 Å². The summed E-state index contributed by atoms with van der Waals surface area (Å²) in [5, 5.41) is 7.98. The van der Waals surface area contributed by atoms with E-state index in [4.69, 9.17) is 17.3 Å². The lowest BCUT2D eigenvalue weighted by Gasteiger charge is -2.30. The Hall–Kier alpha value is -1.99. The number of aromatic nitrogens is 3. The normalized spacial score (nSPS) is 18.3. The number of amides is 1. The standard InChI is InChI=1S/C15H17ClFN5O/c1-9-14(15(23)21-6-2-3-10(18)8-21)19-20-22(9)11-4-5-13(17)12(16)7-11/h4-5,7,10H,2-3,6,8,18H2,1H3. The second-order valence-corrected chi connectivity index (χ2v) is 6.09. The van der Waals surface area contributed by atoms with Gasteiger partial charge in [0.1, 0.15) is 5.82 Å². The molecule has 2 N–H and O–H groups in total. The van der Waals surface area contributed by atoms with Gasteiger partial charge < -0.3 is 10.6 Å². The lowest BCUT2D eigenvalue weighted by atomic mass is 10.1. The zero-order valence-corrected chi connectivity index (χ0v) is 13.4. The highest BCUT2D eigenvalue weighted by Gasteiger charge is 2.26. The van der Waals surface area contributed by atoms with Crippen molar-refractivity contribution in [2.45, 2.75) is 25.8 Å². The van der Waals surface area contributed by atoms with Gasteiger partial charge >= 0.3 is 0 Å². The van der Waals surface area contributed by atoms with Gasteiger partial charge in [-0.3, -0.25) is 4.79 Å². The van der Waals surface area contributed by atoms with Gasteiger partial charge in [0, 0.05) is 19.1 Å². The summed E-state index contributed by atoms with van der Waals surface area (Å²) >= 11 is 5.80. The molecular weight excluding hydrogens is 321 g/mol. The molecule has 8 heteroatoms. The Morgan fingerprint density at radius 3 is 2.96 bits per heavy atom. The highest BCUT2D eigenvalue weighted by molar-refractivity contribution is 6.30. The van der Waals surface area contributed by atoms with Crippen LogP contribution in [0.3, 0.4) is 0 Å². The Morgan fingerprint density at radius 1 is 1.48 bits per heavy atom. The predicted octanol–water partition coefficient (Wildman–Crippen LogP) is 1.93. The minimum absolute atomic E-state index is 0.000967. The second-order valence-electron chi connectivity index (χ2n) is 5.69. The van der Waals surface area contributed by atoms with E-state index in [0.717, 1.165) is 12.8 Å². The largest absolute Gasteiger partial charge is 0.336 e. The van der Waals surface area contributed by atoms with Gasteiger partial charge in [-0.05, 0) is 38.0 Å². The Morgan fingerprint density at radius 2 is 2.26 bits per heavy atom. The molecule has 1 saturated heterocycles. The van der Waals surface area contributed by atoms with Crippen LogP contribution in [0.5, 0.6) is 0 Å². The van der Waals surface area contributed by atoms with E-state index in [1.54, 1.807) is 11.8 Å². The van der Waals surface area contributed by atoms with Gasteiger partial charge in [0.15, 0.2) is 5.69 Å². The number of likely N-dealkylation sites (tertiary alicyclic amines) is 1. The third-order valence-corrected chi connectivity index (χ3v) is 4.28. The molecule has 0 radical (unpaired) electrons. The minimum atomic E-state index is -0.508. The first kappa shape index (κ1) is 15.9. The molecule has 1 aliphatic rings. The Labute approximate surface area is 138 Å². The maximum atomic E-state index is 13.3. The molecule has 0 aliphatic carbocycles. The van der Waals surface area contributed by atoms with Crippen LogP contribution < -0.4 is 5.73 Å². The summed E-state index contributed by atoms with van der Waals surface area (Å²) in [5.74, 6) is -0.691. The maximum absolute atomic E-state index is 13.3. The van der Waals surface area contributed by atoms with E-state index in [1.807, 2.05) is 0 Å². The molecule has 1 aliphatic heterocycles. The highest BCUT2D eigenvalue weighted by atomic mass is 35.5. The van der Waals surface area contributed by atoms with Crippen molar-refractivity contribution in [3.63, 3.8) is 0 Å². The van der Waals surface area contributed by atoms with E-state index in [-0.39, 0.29) is 22.7 Å². The Bertz CT molecular complexity index is 747. The fraction of sp³-hybridized carbons (Fsp3) is 0.400. The summed E-state index contributed by atoms with van der Waals surface area (Å²) < 4.78 is 14.8. The maximum Gasteiger partial charge on any atom is 0.276 e. The number of halogens is 2. The molecule has 1 fully saturated rings. The molecule has 1 aromatic heterocycles. The molecule has 1 unspecified atom stereocenters. The molecule has 1 aromatic carbocycles.